The van der Waals surface area contributed by atoms with Gasteiger partial charge in [-0.25, -0.2) is 4.98 Å². The minimum absolute atomic E-state index is 0.0421. The van der Waals surface area contributed by atoms with Crippen LogP contribution >= 0.6 is 0 Å². The van der Waals surface area contributed by atoms with Crippen LogP contribution in [0, 0.1) is 0 Å². The second kappa shape index (κ2) is 7.87. The van der Waals surface area contributed by atoms with Gasteiger partial charge in [0.1, 0.15) is 5.82 Å². The molecule has 6 heteroatoms. The summed E-state index contributed by atoms with van der Waals surface area (Å²) >= 11 is 0. The van der Waals surface area contributed by atoms with Crippen molar-refractivity contribution in [2.24, 2.45) is 0 Å². The van der Waals surface area contributed by atoms with Crippen LogP contribution in [0.1, 0.15) is 45.2 Å². The van der Waals surface area contributed by atoms with Gasteiger partial charge >= 0.3 is 0 Å². The van der Waals surface area contributed by atoms with Gasteiger partial charge in [-0.2, -0.15) is 4.98 Å². The van der Waals surface area contributed by atoms with Gasteiger partial charge in [-0.05, 0) is 39.0 Å². The van der Waals surface area contributed by atoms with E-state index in [1.807, 2.05) is 19.0 Å². The van der Waals surface area contributed by atoms with Crippen LogP contribution in [0.25, 0.3) is 0 Å². The minimum atomic E-state index is 0.0421. The first-order chi connectivity index (χ1) is 12.0. The Morgan fingerprint density at radius 1 is 1.32 bits per heavy atom. The summed E-state index contributed by atoms with van der Waals surface area (Å²) in [5, 5.41) is 3.74. The van der Waals surface area contributed by atoms with Crippen molar-refractivity contribution in [2.45, 2.75) is 57.6 Å². The zero-order chi connectivity index (χ0) is 17.9. The van der Waals surface area contributed by atoms with Crippen LogP contribution in [0.2, 0.25) is 0 Å². The third-order valence-electron chi connectivity index (χ3n) is 5.40. The summed E-state index contributed by atoms with van der Waals surface area (Å²) < 4.78 is 5.89. The number of ether oxygens (including phenoxy) is 1. The maximum Gasteiger partial charge on any atom is 0.227 e. The highest BCUT2D eigenvalue weighted by Crippen LogP contribution is 2.25. The van der Waals surface area contributed by atoms with Crippen molar-refractivity contribution in [1.29, 1.82) is 0 Å². The van der Waals surface area contributed by atoms with Gasteiger partial charge in [0.05, 0.1) is 5.60 Å². The first-order valence-corrected chi connectivity index (χ1v) is 9.67. The van der Waals surface area contributed by atoms with E-state index in [1.54, 1.807) is 0 Å². The number of aromatic nitrogens is 2. The molecule has 140 valence electrons. The first kappa shape index (κ1) is 18.4. The zero-order valence-electron chi connectivity index (χ0n) is 16.2. The van der Waals surface area contributed by atoms with Crippen LogP contribution in [0.5, 0.6) is 0 Å². The maximum absolute atomic E-state index is 5.89. The molecule has 0 saturated carbocycles. The maximum atomic E-state index is 5.89. The molecule has 2 aliphatic rings. The molecule has 0 spiro atoms. The molecule has 1 atom stereocenters. The van der Waals surface area contributed by atoms with E-state index in [-0.39, 0.29) is 5.60 Å². The van der Waals surface area contributed by atoms with Crippen molar-refractivity contribution < 1.29 is 4.74 Å². The molecule has 25 heavy (non-hydrogen) atoms. The molecule has 1 aromatic heterocycles. The van der Waals surface area contributed by atoms with Crippen LogP contribution in [0.15, 0.2) is 6.07 Å². The number of hydrogen-bond donors (Lipinski definition) is 1. The molecule has 3 heterocycles. The average Bonchev–Trinajstić information content (AvgIpc) is 3.07. The third-order valence-corrected chi connectivity index (χ3v) is 5.40. The Bertz CT molecular complexity index is 563. The second-order valence-corrected chi connectivity index (χ2v) is 7.81. The SMILES string of the molecule is CCc1cc(N2CCC(NC[C@@]3(C)CCCO3)CC2)nc(N(C)C)n1. The zero-order valence-corrected chi connectivity index (χ0v) is 16.2. The van der Waals surface area contributed by atoms with Gasteiger partial charge in [0, 0.05) is 58.1 Å². The molecule has 0 unspecified atom stereocenters. The smallest absolute Gasteiger partial charge is 0.227 e. The molecular weight excluding hydrogens is 314 g/mol. The third kappa shape index (κ3) is 4.61. The molecule has 1 N–H and O–H groups in total. The highest BCUT2D eigenvalue weighted by atomic mass is 16.5. The van der Waals surface area contributed by atoms with Crippen LogP contribution in [-0.2, 0) is 11.2 Å². The first-order valence-electron chi connectivity index (χ1n) is 9.67. The van der Waals surface area contributed by atoms with Gasteiger partial charge in [-0.3, -0.25) is 0 Å². The van der Waals surface area contributed by atoms with Gasteiger partial charge in [0.15, 0.2) is 0 Å². The molecule has 0 aliphatic carbocycles. The molecular formula is C19H33N5O. The van der Waals surface area contributed by atoms with Crippen LogP contribution in [0.4, 0.5) is 11.8 Å². The van der Waals surface area contributed by atoms with Gasteiger partial charge in [-0.1, -0.05) is 6.92 Å². The van der Waals surface area contributed by atoms with E-state index >= 15 is 0 Å². The van der Waals surface area contributed by atoms with Crippen molar-refractivity contribution in [3.63, 3.8) is 0 Å². The van der Waals surface area contributed by atoms with Gasteiger partial charge in [0.2, 0.25) is 5.95 Å². The highest BCUT2D eigenvalue weighted by Gasteiger charge is 2.31. The summed E-state index contributed by atoms with van der Waals surface area (Å²) in [5.41, 5.74) is 1.15. The van der Waals surface area contributed by atoms with E-state index in [9.17, 15) is 0 Å². The Hall–Kier alpha value is -1.40. The number of nitrogens with zero attached hydrogens (tertiary/aromatic N) is 4. The minimum Gasteiger partial charge on any atom is -0.374 e. The van der Waals surface area contributed by atoms with Crippen molar-refractivity contribution >= 4 is 11.8 Å². The highest BCUT2D eigenvalue weighted by molar-refractivity contribution is 5.46. The summed E-state index contributed by atoms with van der Waals surface area (Å²) in [4.78, 5) is 13.7. The number of rotatable bonds is 6. The predicted octanol–water partition coefficient (Wildman–Crippen LogP) is 2.23. The number of aryl methyl sites for hydroxylation is 1. The second-order valence-electron chi connectivity index (χ2n) is 7.81. The lowest BCUT2D eigenvalue weighted by Crippen LogP contribution is -2.47. The van der Waals surface area contributed by atoms with Gasteiger partial charge < -0.3 is 19.9 Å². The molecule has 6 nitrogen and oxygen atoms in total. The number of piperidine rings is 1. The van der Waals surface area contributed by atoms with E-state index in [1.165, 1.54) is 12.8 Å². The Balaban J connectivity index is 1.56. The van der Waals surface area contributed by atoms with Crippen LogP contribution in [-0.4, -0.2) is 61.9 Å². The average molecular weight is 348 g/mol. The number of hydrogen-bond acceptors (Lipinski definition) is 6. The Kier molecular flexibility index (Phi) is 5.79. The summed E-state index contributed by atoms with van der Waals surface area (Å²) in [7, 11) is 4.00. The molecule has 1 aromatic rings. The van der Waals surface area contributed by atoms with E-state index in [4.69, 9.17) is 9.72 Å². The fraction of sp³-hybridized carbons (Fsp3) is 0.789. The molecule has 0 amide bonds. The van der Waals surface area contributed by atoms with Crippen molar-refractivity contribution in [3.8, 4) is 0 Å². The molecule has 2 fully saturated rings. The van der Waals surface area contributed by atoms with Crippen molar-refractivity contribution in [1.82, 2.24) is 15.3 Å². The standard InChI is InChI=1S/C19H33N5O/c1-5-15-13-17(22-18(21-15)23(3)4)24-10-7-16(8-11-24)20-14-19(2)9-6-12-25-19/h13,16,20H,5-12,14H2,1-4H3/t19-/m1/s1. The summed E-state index contributed by atoms with van der Waals surface area (Å²) in [5.74, 6) is 1.88. The number of anilines is 2. The van der Waals surface area contributed by atoms with Gasteiger partial charge in [0.25, 0.3) is 0 Å². The molecule has 0 radical (unpaired) electrons. The van der Waals surface area contributed by atoms with Crippen LogP contribution < -0.4 is 15.1 Å². The molecule has 2 saturated heterocycles. The Labute approximate surface area is 152 Å². The molecule has 0 aromatic carbocycles. The fourth-order valence-electron chi connectivity index (χ4n) is 3.66. The van der Waals surface area contributed by atoms with E-state index in [0.717, 1.165) is 63.0 Å². The summed E-state index contributed by atoms with van der Waals surface area (Å²) in [6.45, 7) is 8.35. The largest absolute Gasteiger partial charge is 0.374 e. The Morgan fingerprint density at radius 2 is 2.08 bits per heavy atom. The quantitative estimate of drug-likeness (QED) is 0.852. The van der Waals surface area contributed by atoms with Crippen molar-refractivity contribution in [2.75, 3.05) is 50.1 Å². The van der Waals surface area contributed by atoms with Crippen LogP contribution in [0.3, 0.4) is 0 Å². The molecule has 0 bridgehead atoms. The monoisotopic (exact) mass is 347 g/mol. The normalized spacial score (nSPS) is 24.7. The number of nitrogens with one attached hydrogen (secondary N) is 1. The van der Waals surface area contributed by atoms with Crippen molar-refractivity contribution in [3.05, 3.63) is 11.8 Å². The summed E-state index contributed by atoms with van der Waals surface area (Å²) in [6.07, 6.45) is 5.61. The van der Waals surface area contributed by atoms with Gasteiger partial charge in [-0.15, -0.1) is 0 Å². The summed E-state index contributed by atoms with van der Waals surface area (Å²) in [6, 6.07) is 2.73. The molecule has 3 rings (SSSR count). The fourth-order valence-corrected chi connectivity index (χ4v) is 3.66. The van der Waals surface area contributed by atoms with E-state index in [0.29, 0.717) is 6.04 Å². The topological polar surface area (TPSA) is 53.5 Å². The van der Waals surface area contributed by atoms with E-state index in [2.05, 4.69) is 35.1 Å². The molecule has 2 aliphatic heterocycles. The lowest BCUT2D eigenvalue weighted by Gasteiger charge is -2.35. The van der Waals surface area contributed by atoms with E-state index < -0.39 is 0 Å². The lowest BCUT2D eigenvalue weighted by atomic mass is 10.00. The predicted molar refractivity (Wildman–Crippen MR) is 103 cm³/mol. The Morgan fingerprint density at radius 3 is 2.68 bits per heavy atom. The lowest BCUT2D eigenvalue weighted by molar-refractivity contribution is 0.0181.